The molecule has 10 nitrogen and oxygen atoms in total. The number of hydrogen-bond acceptors (Lipinski definition) is 9. The largest absolute Gasteiger partial charge is 0.497 e. The molecular formula is C32H45N3O7. The van der Waals surface area contributed by atoms with Crippen LogP contribution in [0.25, 0.3) is 0 Å². The first-order chi connectivity index (χ1) is 20.6. The van der Waals surface area contributed by atoms with E-state index in [4.69, 9.17) is 28.4 Å². The van der Waals surface area contributed by atoms with Crippen molar-refractivity contribution in [1.29, 1.82) is 0 Å². The molecule has 0 bridgehead atoms. The van der Waals surface area contributed by atoms with Gasteiger partial charge in [-0.15, -0.1) is 0 Å². The maximum absolute atomic E-state index is 13.1. The van der Waals surface area contributed by atoms with Crippen LogP contribution in [0.2, 0.25) is 0 Å². The maximum Gasteiger partial charge on any atom is 0.248 e. The summed E-state index contributed by atoms with van der Waals surface area (Å²) >= 11 is 0. The lowest BCUT2D eigenvalue weighted by atomic mass is 9.85. The minimum absolute atomic E-state index is 0.00588. The Morgan fingerprint density at radius 1 is 1.02 bits per heavy atom. The average Bonchev–Trinajstić information content (AvgIpc) is 3.03. The van der Waals surface area contributed by atoms with Crippen molar-refractivity contribution in [3.05, 3.63) is 53.6 Å². The highest BCUT2D eigenvalue weighted by Crippen LogP contribution is 2.35. The highest BCUT2D eigenvalue weighted by Gasteiger charge is 2.37. The van der Waals surface area contributed by atoms with Gasteiger partial charge in [0.1, 0.15) is 24.7 Å². The lowest BCUT2D eigenvalue weighted by Gasteiger charge is -2.39. The molecule has 10 heteroatoms. The van der Waals surface area contributed by atoms with E-state index in [-0.39, 0.29) is 36.7 Å². The second-order valence-electron chi connectivity index (χ2n) is 11.2. The summed E-state index contributed by atoms with van der Waals surface area (Å²) in [6.45, 7) is 8.71. The van der Waals surface area contributed by atoms with Gasteiger partial charge in [0.25, 0.3) is 0 Å². The van der Waals surface area contributed by atoms with Gasteiger partial charge in [-0.2, -0.15) is 0 Å². The summed E-state index contributed by atoms with van der Waals surface area (Å²) in [5.74, 6) is 1.64. The maximum atomic E-state index is 13.1. The number of methoxy groups -OCH3 is 2. The molecule has 3 heterocycles. The molecular weight excluding hydrogens is 538 g/mol. The van der Waals surface area contributed by atoms with Crippen molar-refractivity contribution >= 4 is 11.6 Å². The van der Waals surface area contributed by atoms with Crippen LogP contribution in [-0.4, -0.2) is 109 Å². The SMILES string of the molecule is COCCCN1CCOc2ccc(CO[C@H]3CNC[C@@H](OCC(=O)N4CCOC[C@@H]4C)[C@@H]3c3ccc(OC)cc3)cc21. The van der Waals surface area contributed by atoms with Crippen molar-refractivity contribution < 1.29 is 33.2 Å². The smallest absolute Gasteiger partial charge is 0.248 e. The van der Waals surface area contributed by atoms with Gasteiger partial charge in [0.05, 0.1) is 57.4 Å². The van der Waals surface area contributed by atoms with E-state index in [2.05, 4.69) is 34.5 Å². The fourth-order valence-electron chi connectivity index (χ4n) is 6.04. The standard InChI is InChI=1S/C32H45N3O7/c1-23-20-39-15-13-35(23)31(36)22-42-30-19-33-18-29(32(30)25-6-8-26(38-3)9-7-25)41-21-24-5-10-28-27(17-24)34(12-16-40-28)11-4-14-37-2/h5-10,17,23,29-30,32-33H,4,11-16,18-22H2,1-3H3/t23-,29-,30+,32+/m0/s1. The average molecular weight is 584 g/mol. The van der Waals surface area contributed by atoms with Crippen molar-refractivity contribution in [2.45, 2.75) is 44.1 Å². The van der Waals surface area contributed by atoms with Crippen LogP contribution in [0.15, 0.2) is 42.5 Å². The second kappa shape index (κ2) is 15.0. The topological polar surface area (TPSA) is 91.0 Å². The molecule has 0 radical (unpaired) electrons. The first-order valence-corrected chi connectivity index (χ1v) is 15.0. The van der Waals surface area contributed by atoms with Crippen molar-refractivity contribution in [3.8, 4) is 11.5 Å². The molecule has 2 aromatic carbocycles. The normalized spacial score (nSPS) is 24.2. The monoisotopic (exact) mass is 583 g/mol. The van der Waals surface area contributed by atoms with Gasteiger partial charge in [0, 0.05) is 45.8 Å². The van der Waals surface area contributed by atoms with Crippen molar-refractivity contribution in [3.63, 3.8) is 0 Å². The molecule has 3 aliphatic rings. The number of nitrogens with one attached hydrogen (secondary N) is 1. The van der Waals surface area contributed by atoms with Gasteiger partial charge in [-0.05, 0) is 48.7 Å². The third kappa shape index (κ3) is 7.54. The van der Waals surface area contributed by atoms with Crippen LogP contribution in [0.3, 0.4) is 0 Å². The number of carbonyl (C=O) groups is 1. The molecule has 0 spiro atoms. The van der Waals surface area contributed by atoms with Crippen LogP contribution >= 0.6 is 0 Å². The predicted molar refractivity (Wildman–Crippen MR) is 160 cm³/mol. The fraction of sp³-hybridized carbons (Fsp3) is 0.594. The zero-order valence-corrected chi connectivity index (χ0v) is 25.1. The molecule has 42 heavy (non-hydrogen) atoms. The van der Waals surface area contributed by atoms with E-state index in [0.717, 1.165) is 54.4 Å². The molecule has 1 amide bonds. The zero-order valence-electron chi connectivity index (χ0n) is 25.1. The van der Waals surface area contributed by atoms with E-state index in [1.807, 2.05) is 30.0 Å². The van der Waals surface area contributed by atoms with Gasteiger partial charge in [0.15, 0.2) is 0 Å². The molecule has 3 aliphatic heterocycles. The van der Waals surface area contributed by atoms with Gasteiger partial charge in [-0.25, -0.2) is 0 Å². The minimum Gasteiger partial charge on any atom is -0.497 e. The van der Waals surface area contributed by atoms with E-state index in [9.17, 15) is 4.79 Å². The van der Waals surface area contributed by atoms with Crippen LogP contribution in [-0.2, 0) is 30.3 Å². The lowest BCUT2D eigenvalue weighted by molar-refractivity contribution is -0.148. The molecule has 1 N–H and O–H groups in total. The van der Waals surface area contributed by atoms with Crippen molar-refractivity contribution in [2.24, 2.45) is 0 Å². The summed E-state index contributed by atoms with van der Waals surface area (Å²) in [6, 6.07) is 14.4. The number of nitrogens with zero attached hydrogens (tertiary/aromatic N) is 2. The predicted octanol–water partition coefficient (Wildman–Crippen LogP) is 2.84. The van der Waals surface area contributed by atoms with E-state index in [1.165, 1.54) is 0 Å². The third-order valence-corrected chi connectivity index (χ3v) is 8.33. The number of hydrogen-bond donors (Lipinski definition) is 1. The van der Waals surface area contributed by atoms with Gasteiger partial charge >= 0.3 is 0 Å². The highest BCUT2D eigenvalue weighted by atomic mass is 16.5. The number of anilines is 1. The third-order valence-electron chi connectivity index (χ3n) is 8.33. The Labute approximate surface area is 249 Å². The van der Waals surface area contributed by atoms with Crippen LogP contribution in [0.4, 0.5) is 5.69 Å². The lowest BCUT2D eigenvalue weighted by Crippen LogP contribution is -2.52. The molecule has 2 aromatic rings. The molecule has 0 aliphatic carbocycles. The Kier molecular flexibility index (Phi) is 10.9. The van der Waals surface area contributed by atoms with Crippen molar-refractivity contribution in [2.75, 3.05) is 84.9 Å². The van der Waals surface area contributed by atoms with Crippen LogP contribution in [0.1, 0.15) is 30.4 Å². The minimum atomic E-state index is -0.231. The van der Waals surface area contributed by atoms with Crippen molar-refractivity contribution in [1.82, 2.24) is 10.2 Å². The van der Waals surface area contributed by atoms with Crippen LogP contribution in [0.5, 0.6) is 11.5 Å². The molecule has 230 valence electrons. The number of benzene rings is 2. The highest BCUT2D eigenvalue weighted by molar-refractivity contribution is 5.78. The molecule has 4 atom stereocenters. The summed E-state index contributed by atoms with van der Waals surface area (Å²) < 4.78 is 35.1. The Balaban J connectivity index is 1.29. The Bertz CT molecular complexity index is 1150. The number of fused-ring (bicyclic) bond motifs is 1. The summed E-state index contributed by atoms with van der Waals surface area (Å²) in [6.07, 6.45) is 0.577. The number of ether oxygens (including phenoxy) is 6. The van der Waals surface area contributed by atoms with Gasteiger partial charge in [-0.3, -0.25) is 4.79 Å². The molecule has 5 rings (SSSR count). The fourth-order valence-corrected chi connectivity index (χ4v) is 6.04. The van der Waals surface area contributed by atoms with Crippen LogP contribution < -0.4 is 19.7 Å². The quantitative estimate of drug-likeness (QED) is 0.379. The molecule has 0 saturated carbocycles. The number of amides is 1. The Morgan fingerprint density at radius 3 is 2.60 bits per heavy atom. The summed E-state index contributed by atoms with van der Waals surface area (Å²) in [7, 11) is 3.40. The Morgan fingerprint density at radius 2 is 1.83 bits per heavy atom. The van der Waals surface area contributed by atoms with Gasteiger partial charge < -0.3 is 43.5 Å². The van der Waals surface area contributed by atoms with E-state index in [0.29, 0.717) is 46.1 Å². The summed E-state index contributed by atoms with van der Waals surface area (Å²) in [4.78, 5) is 17.3. The van der Waals surface area contributed by atoms with E-state index < -0.39 is 0 Å². The summed E-state index contributed by atoms with van der Waals surface area (Å²) in [5, 5.41) is 3.48. The molecule has 2 fully saturated rings. The van der Waals surface area contributed by atoms with E-state index >= 15 is 0 Å². The first-order valence-electron chi connectivity index (χ1n) is 15.0. The van der Waals surface area contributed by atoms with E-state index in [1.54, 1.807) is 14.2 Å². The molecule has 0 unspecified atom stereocenters. The molecule has 0 aromatic heterocycles. The number of carbonyl (C=O) groups excluding carboxylic acids is 1. The second-order valence-corrected chi connectivity index (χ2v) is 11.2. The first kappa shape index (κ1) is 30.6. The molecule has 2 saturated heterocycles. The number of piperidine rings is 1. The van der Waals surface area contributed by atoms with Crippen LogP contribution in [0, 0.1) is 0 Å². The van der Waals surface area contributed by atoms with Gasteiger partial charge in [-0.1, -0.05) is 18.2 Å². The Hall–Kier alpha value is -2.89. The summed E-state index contributed by atoms with van der Waals surface area (Å²) in [5.41, 5.74) is 3.29. The van der Waals surface area contributed by atoms with Gasteiger partial charge in [0.2, 0.25) is 5.91 Å². The zero-order chi connectivity index (χ0) is 29.3. The number of morpholine rings is 1. The number of rotatable bonds is 12.